The molecule has 2 rings (SSSR count). The quantitative estimate of drug-likeness (QED) is 0.884. The molecule has 1 atom stereocenters. The first-order chi connectivity index (χ1) is 9.61. The molecular weight excluding hydrogens is 246 g/mol. The Balaban J connectivity index is 2.16. The molecule has 0 saturated heterocycles. The van der Waals surface area contributed by atoms with E-state index in [9.17, 15) is 4.79 Å². The highest BCUT2D eigenvalue weighted by Crippen LogP contribution is 2.18. The monoisotopic (exact) mass is 267 g/mol. The number of carbonyl (C=O) groups is 1. The minimum absolute atomic E-state index is 0.00414. The standard InChI is InChI=1S/C18H21NO/c1-4-17(15-11-9-13(2)10-12-15)19-18(20)16-8-6-5-7-14(16)3/h5-12,17H,4H2,1-3H3,(H,19,20)/t17-/m0/s1. The second-order valence-corrected chi connectivity index (χ2v) is 5.16. The van der Waals surface area contributed by atoms with E-state index in [0.717, 1.165) is 23.1 Å². The lowest BCUT2D eigenvalue weighted by atomic mass is 10.0. The van der Waals surface area contributed by atoms with Crippen LogP contribution in [0.25, 0.3) is 0 Å². The average molecular weight is 267 g/mol. The minimum atomic E-state index is -0.00414. The molecule has 2 heteroatoms. The van der Waals surface area contributed by atoms with E-state index in [1.165, 1.54) is 5.56 Å². The molecule has 2 aromatic rings. The summed E-state index contributed by atoms with van der Waals surface area (Å²) in [5, 5.41) is 3.12. The van der Waals surface area contributed by atoms with Gasteiger partial charge in [0, 0.05) is 5.56 Å². The number of rotatable bonds is 4. The van der Waals surface area contributed by atoms with Gasteiger partial charge in [0.1, 0.15) is 0 Å². The van der Waals surface area contributed by atoms with Gasteiger partial charge >= 0.3 is 0 Å². The van der Waals surface area contributed by atoms with Crippen molar-refractivity contribution in [1.82, 2.24) is 5.32 Å². The van der Waals surface area contributed by atoms with Gasteiger partial charge in [0.2, 0.25) is 0 Å². The van der Waals surface area contributed by atoms with Crippen LogP contribution in [0.4, 0.5) is 0 Å². The van der Waals surface area contributed by atoms with Crippen LogP contribution in [0.5, 0.6) is 0 Å². The van der Waals surface area contributed by atoms with Crippen molar-refractivity contribution >= 4 is 5.91 Å². The van der Waals surface area contributed by atoms with Crippen LogP contribution in [0.1, 0.15) is 46.4 Å². The van der Waals surface area contributed by atoms with E-state index in [2.05, 4.69) is 43.4 Å². The van der Waals surface area contributed by atoms with Crippen LogP contribution in [0.15, 0.2) is 48.5 Å². The van der Waals surface area contributed by atoms with Gasteiger partial charge in [0.15, 0.2) is 0 Å². The van der Waals surface area contributed by atoms with E-state index in [0.29, 0.717) is 0 Å². The van der Waals surface area contributed by atoms with E-state index in [4.69, 9.17) is 0 Å². The molecule has 0 fully saturated rings. The summed E-state index contributed by atoms with van der Waals surface area (Å²) >= 11 is 0. The highest BCUT2D eigenvalue weighted by Gasteiger charge is 2.15. The van der Waals surface area contributed by atoms with Gasteiger partial charge < -0.3 is 5.32 Å². The van der Waals surface area contributed by atoms with E-state index < -0.39 is 0 Å². The molecule has 1 amide bonds. The molecule has 0 aliphatic carbocycles. The summed E-state index contributed by atoms with van der Waals surface area (Å²) in [5.41, 5.74) is 4.13. The Hall–Kier alpha value is -2.09. The van der Waals surface area contributed by atoms with Gasteiger partial charge in [-0.15, -0.1) is 0 Å². The lowest BCUT2D eigenvalue weighted by Crippen LogP contribution is -2.28. The molecule has 0 saturated carbocycles. The summed E-state index contributed by atoms with van der Waals surface area (Å²) in [6.45, 7) is 6.11. The van der Waals surface area contributed by atoms with Crippen LogP contribution in [-0.2, 0) is 0 Å². The topological polar surface area (TPSA) is 29.1 Å². The molecular formula is C18H21NO. The van der Waals surface area contributed by atoms with E-state index >= 15 is 0 Å². The lowest BCUT2D eigenvalue weighted by Gasteiger charge is -2.18. The van der Waals surface area contributed by atoms with Gasteiger partial charge in [-0.1, -0.05) is 55.0 Å². The summed E-state index contributed by atoms with van der Waals surface area (Å²) in [7, 11) is 0. The SMILES string of the molecule is CC[C@H](NC(=O)c1ccccc1C)c1ccc(C)cc1. The Kier molecular flexibility index (Phi) is 4.57. The van der Waals surface area contributed by atoms with Crippen molar-refractivity contribution in [3.8, 4) is 0 Å². The fourth-order valence-corrected chi connectivity index (χ4v) is 2.28. The number of benzene rings is 2. The highest BCUT2D eigenvalue weighted by atomic mass is 16.1. The molecule has 2 nitrogen and oxygen atoms in total. The summed E-state index contributed by atoms with van der Waals surface area (Å²) in [6.07, 6.45) is 0.876. The summed E-state index contributed by atoms with van der Waals surface area (Å²) in [6, 6.07) is 16.1. The summed E-state index contributed by atoms with van der Waals surface area (Å²) < 4.78 is 0. The minimum Gasteiger partial charge on any atom is -0.345 e. The first kappa shape index (κ1) is 14.3. The second-order valence-electron chi connectivity index (χ2n) is 5.16. The molecule has 0 aliphatic rings. The predicted octanol–water partition coefficient (Wildman–Crippen LogP) is 4.18. The van der Waals surface area contributed by atoms with Crippen molar-refractivity contribution in [3.05, 3.63) is 70.8 Å². The van der Waals surface area contributed by atoms with Crippen LogP contribution in [0.2, 0.25) is 0 Å². The van der Waals surface area contributed by atoms with E-state index in [1.54, 1.807) is 0 Å². The number of aryl methyl sites for hydroxylation is 2. The Bertz CT molecular complexity index is 587. The molecule has 0 aromatic heterocycles. The third kappa shape index (κ3) is 3.27. The van der Waals surface area contributed by atoms with E-state index in [-0.39, 0.29) is 11.9 Å². The first-order valence-corrected chi connectivity index (χ1v) is 7.05. The van der Waals surface area contributed by atoms with Crippen LogP contribution in [-0.4, -0.2) is 5.91 Å². The zero-order chi connectivity index (χ0) is 14.5. The van der Waals surface area contributed by atoms with Gasteiger partial charge in [-0.25, -0.2) is 0 Å². The van der Waals surface area contributed by atoms with Gasteiger partial charge in [0.05, 0.1) is 6.04 Å². The van der Waals surface area contributed by atoms with Crippen LogP contribution >= 0.6 is 0 Å². The third-order valence-corrected chi connectivity index (χ3v) is 3.58. The highest BCUT2D eigenvalue weighted by molar-refractivity contribution is 5.95. The second kappa shape index (κ2) is 6.38. The van der Waals surface area contributed by atoms with Crippen molar-refractivity contribution in [1.29, 1.82) is 0 Å². The fraction of sp³-hybridized carbons (Fsp3) is 0.278. The Labute approximate surface area is 120 Å². The average Bonchev–Trinajstić information content (AvgIpc) is 2.46. The summed E-state index contributed by atoms with van der Waals surface area (Å²) in [4.78, 5) is 12.4. The number of amides is 1. The van der Waals surface area contributed by atoms with Crippen molar-refractivity contribution in [2.45, 2.75) is 33.2 Å². The van der Waals surface area contributed by atoms with Crippen molar-refractivity contribution in [2.24, 2.45) is 0 Å². The zero-order valence-corrected chi connectivity index (χ0v) is 12.3. The molecule has 104 valence electrons. The lowest BCUT2D eigenvalue weighted by molar-refractivity contribution is 0.0935. The van der Waals surface area contributed by atoms with Crippen molar-refractivity contribution < 1.29 is 4.79 Å². The molecule has 20 heavy (non-hydrogen) atoms. The molecule has 1 N–H and O–H groups in total. The smallest absolute Gasteiger partial charge is 0.252 e. The van der Waals surface area contributed by atoms with E-state index in [1.807, 2.05) is 31.2 Å². The maximum absolute atomic E-state index is 12.4. The fourth-order valence-electron chi connectivity index (χ4n) is 2.28. The normalized spacial score (nSPS) is 11.9. The van der Waals surface area contributed by atoms with Crippen LogP contribution in [0.3, 0.4) is 0 Å². The molecule has 0 aliphatic heterocycles. The van der Waals surface area contributed by atoms with Crippen LogP contribution in [0, 0.1) is 13.8 Å². The van der Waals surface area contributed by atoms with Gasteiger partial charge in [-0.2, -0.15) is 0 Å². The van der Waals surface area contributed by atoms with Crippen molar-refractivity contribution in [3.63, 3.8) is 0 Å². The number of hydrogen-bond donors (Lipinski definition) is 1. The zero-order valence-electron chi connectivity index (χ0n) is 12.3. The molecule has 0 spiro atoms. The maximum Gasteiger partial charge on any atom is 0.252 e. The Morgan fingerprint density at radius 1 is 1.05 bits per heavy atom. The largest absolute Gasteiger partial charge is 0.345 e. The van der Waals surface area contributed by atoms with Gasteiger partial charge in [0.25, 0.3) is 5.91 Å². The predicted molar refractivity (Wildman–Crippen MR) is 82.9 cm³/mol. The van der Waals surface area contributed by atoms with Gasteiger partial charge in [-0.05, 0) is 37.5 Å². The number of carbonyl (C=O) groups excluding carboxylic acids is 1. The van der Waals surface area contributed by atoms with Gasteiger partial charge in [-0.3, -0.25) is 4.79 Å². The van der Waals surface area contributed by atoms with Crippen molar-refractivity contribution in [2.75, 3.05) is 0 Å². The molecule has 0 heterocycles. The Morgan fingerprint density at radius 3 is 2.30 bits per heavy atom. The third-order valence-electron chi connectivity index (χ3n) is 3.58. The summed E-state index contributed by atoms with van der Waals surface area (Å²) in [5.74, 6) is -0.00414. The molecule has 0 radical (unpaired) electrons. The number of nitrogens with one attached hydrogen (secondary N) is 1. The maximum atomic E-state index is 12.4. The molecule has 0 unspecified atom stereocenters. The Morgan fingerprint density at radius 2 is 1.70 bits per heavy atom. The first-order valence-electron chi connectivity index (χ1n) is 7.05. The molecule has 0 bridgehead atoms. The number of hydrogen-bond acceptors (Lipinski definition) is 1. The van der Waals surface area contributed by atoms with Crippen LogP contribution < -0.4 is 5.32 Å². The molecule has 2 aromatic carbocycles.